The Bertz CT molecular complexity index is 3000. The summed E-state index contributed by atoms with van der Waals surface area (Å²) in [5.41, 5.74) is 18.9. The van der Waals surface area contributed by atoms with Gasteiger partial charge in [0.1, 0.15) is 0 Å². The lowest BCUT2D eigenvalue weighted by Crippen LogP contribution is -2.44. The molecule has 0 unspecified atom stereocenters. The van der Waals surface area contributed by atoms with E-state index in [4.69, 9.17) is 9.97 Å². The summed E-state index contributed by atoms with van der Waals surface area (Å²) in [5, 5.41) is 2.60. The number of rotatable bonds is 6. The van der Waals surface area contributed by atoms with Crippen LogP contribution in [0.3, 0.4) is 0 Å². The Balaban J connectivity index is 0.990. The molecule has 2 fully saturated rings. The van der Waals surface area contributed by atoms with Gasteiger partial charge >= 0.3 is 0 Å². The molecule has 3 heteroatoms. The van der Waals surface area contributed by atoms with Gasteiger partial charge in [0.15, 0.2) is 0 Å². The largest absolute Gasteiger partial charge is 0.309 e. The van der Waals surface area contributed by atoms with E-state index in [2.05, 4.69) is 138 Å². The van der Waals surface area contributed by atoms with Gasteiger partial charge < -0.3 is 4.57 Å². The number of nitrogens with zero attached hydrogens (tertiary/aromatic N) is 3. The fourth-order valence-electron chi connectivity index (χ4n) is 12.0. The molecule has 3 aliphatic rings. The van der Waals surface area contributed by atoms with Gasteiger partial charge in [-0.1, -0.05) is 148 Å². The van der Waals surface area contributed by atoms with E-state index in [1.807, 2.05) is 30.5 Å². The topological polar surface area (TPSA) is 30.7 Å². The molecule has 3 aliphatic carbocycles. The van der Waals surface area contributed by atoms with Crippen LogP contribution in [-0.4, -0.2) is 14.5 Å². The van der Waals surface area contributed by atoms with Crippen molar-refractivity contribution in [2.24, 2.45) is 11.8 Å². The molecule has 2 aromatic heterocycles. The van der Waals surface area contributed by atoms with Gasteiger partial charge in [-0.2, -0.15) is 0 Å². The van der Waals surface area contributed by atoms with Gasteiger partial charge in [0.25, 0.3) is 0 Å². The second kappa shape index (κ2) is 14.4. The van der Waals surface area contributed by atoms with Gasteiger partial charge in [-0.05, 0) is 131 Å². The van der Waals surface area contributed by atoms with E-state index in [1.54, 1.807) is 11.1 Å². The van der Waals surface area contributed by atoms with Gasteiger partial charge in [-0.3, -0.25) is 4.98 Å². The maximum absolute atomic E-state index is 4.95. The third-order valence-corrected chi connectivity index (χ3v) is 14.7. The average Bonchev–Trinajstić information content (AvgIpc) is 3.82. The Morgan fingerprint density at radius 1 is 0.433 bits per heavy atom. The van der Waals surface area contributed by atoms with Crippen molar-refractivity contribution in [3.05, 3.63) is 175 Å². The second-order valence-corrected chi connectivity index (χ2v) is 17.8. The number of para-hydroxylation sites is 4. The molecular weight excluding hydrogens is 727 g/mol. The van der Waals surface area contributed by atoms with Crippen LogP contribution >= 0.6 is 0 Å². The van der Waals surface area contributed by atoms with Crippen LogP contribution in [-0.2, 0) is 5.41 Å². The van der Waals surface area contributed by atoms with Crippen molar-refractivity contribution in [2.45, 2.75) is 69.6 Å². The van der Waals surface area contributed by atoms with Crippen LogP contribution in [0.5, 0.6) is 0 Å². The van der Waals surface area contributed by atoms with E-state index >= 15 is 0 Å². The van der Waals surface area contributed by atoms with E-state index in [9.17, 15) is 0 Å². The third-order valence-electron chi connectivity index (χ3n) is 14.7. The molecule has 292 valence electrons. The second-order valence-electron chi connectivity index (χ2n) is 17.8. The number of hydrogen-bond donors (Lipinski definition) is 0. The highest BCUT2D eigenvalue weighted by molar-refractivity contribution is 6.09. The number of aromatic nitrogens is 3. The first-order valence-corrected chi connectivity index (χ1v) is 22.4. The lowest BCUT2D eigenvalue weighted by atomic mass is 9.54. The molecule has 9 aromatic rings. The number of hydrogen-bond acceptors (Lipinski definition) is 2. The van der Waals surface area contributed by atoms with Crippen molar-refractivity contribution in [1.29, 1.82) is 0 Å². The van der Waals surface area contributed by atoms with E-state index < -0.39 is 0 Å². The molecule has 0 bridgehead atoms. The molecule has 60 heavy (non-hydrogen) atoms. The molecule has 12 rings (SSSR count). The first kappa shape index (κ1) is 35.6. The smallest absolute Gasteiger partial charge is 0.0894 e. The van der Waals surface area contributed by atoms with Gasteiger partial charge in [-0.15, -0.1) is 0 Å². The normalized spacial score (nSPS) is 16.7. The van der Waals surface area contributed by atoms with Crippen molar-refractivity contribution in [2.75, 3.05) is 0 Å². The van der Waals surface area contributed by atoms with Crippen LogP contribution in [0.15, 0.2) is 164 Å². The van der Waals surface area contributed by atoms with Crippen LogP contribution in [0.1, 0.15) is 75.3 Å². The summed E-state index contributed by atoms with van der Waals surface area (Å²) in [5.74, 6) is 1.27. The zero-order valence-corrected chi connectivity index (χ0v) is 34.2. The van der Waals surface area contributed by atoms with Crippen LogP contribution in [0.2, 0.25) is 0 Å². The number of benzene rings is 7. The number of fused-ring (bicyclic) bond motifs is 7. The minimum Gasteiger partial charge on any atom is -0.309 e. The fraction of sp³-hybridized carbons (Fsp3) is 0.228. The molecule has 0 spiro atoms. The summed E-state index contributed by atoms with van der Waals surface area (Å²) >= 11 is 0. The van der Waals surface area contributed by atoms with Gasteiger partial charge in [0, 0.05) is 27.4 Å². The average molecular weight is 776 g/mol. The highest BCUT2D eigenvalue weighted by Gasteiger charge is 2.53. The van der Waals surface area contributed by atoms with Crippen molar-refractivity contribution in [3.8, 4) is 50.3 Å². The fourth-order valence-corrected chi connectivity index (χ4v) is 12.0. The Morgan fingerprint density at radius 3 is 1.58 bits per heavy atom. The minimum atomic E-state index is 0.00257. The zero-order chi connectivity index (χ0) is 39.6. The zero-order valence-electron chi connectivity index (χ0n) is 34.2. The maximum atomic E-state index is 4.95. The van der Waals surface area contributed by atoms with E-state index in [0.29, 0.717) is 11.8 Å². The molecule has 3 nitrogen and oxygen atoms in total. The van der Waals surface area contributed by atoms with Crippen LogP contribution in [0, 0.1) is 11.8 Å². The van der Waals surface area contributed by atoms with E-state index in [1.165, 1.54) is 125 Å². The predicted octanol–water partition coefficient (Wildman–Crippen LogP) is 15.2. The van der Waals surface area contributed by atoms with Gasteiger partial charge in [-0.25, -0.2) is 4.98 Å². The summed E-state index contributed by atoms with van der Waals surface area (Å²) in [4.78, 5) is 9.65. The lowest BCUT2D eigenvalue weighted by Gasteiger charge is -2.49. The predicted molar refractivity (Wildman–Crippen MR) is 250 cm³/mol. The summed E-state index contributed by atoms with van der Waals surface area (Å²) < 4.78 is 2.45. The quantitative estimate of drug-likeness (QED) is 0.168. The first-order chi connectivity index (χ1) is 29.7. The Morgan fingerprint density at radius 2 is 0.950 bits per heavy atom. The van der Waals surface area contributed by atoms with Crippen molar-refractivity contribution in [1.82, 2.24) is 14.5 Å². The molecule has 2 heterocycles. The molecular formula is C57H49N3. The summed E-state index contributed by atoms with van der Waals surface area (Å²) in [6.07, 6.45) is 15.2. The monoisotopic (exact) mass is 775 g/mol. The Hall–Kier alpha value is -6.32. The van der Waals surface area contributed by atoms with E-state index in [0.717, 1.165) is 22.3 Å². The van der Waals surface area contributed by atoms with Crippen molar-refractivity contribution in [3.63, 3.8) is 0 Å². The Labute approximate surface area is 352 Å². The van der Waals surface area contributed by atoms with Gasteiger partial charge in [0.2, 0.25) is 0 Å². The highest BCUT2D eigenvalue weighted by atomic mass is 15.0. The van der Waals surface area contributed by atoms with Crippen LogP contribution in [0.4, 0.5) is 0 Å². The third kappa shape index (κ3) is 5.62. The molecule has 7 aromatic carbocycles. The van der Waals surface area contributed by atoms with E-state index in [-0.39, 0.29) is 5.41 Å². The van der Waals surface area contributed by atoms with Crippen molar-refractivity contribution < 1.29 is 0 Å². The summed E-state index contributed by atoms with van der Waals surface area (Å²) in [7, 11) is 0. The van der Waals surface area contributed by atoms with Gasteiger partial charge in [0.05, 0.1) is 34.0 Å². The molecule has 0 aliphatic heterocycles. The summed E-state index contributed by atoms with van der Waals surface area (Å²) in [6.45, 7) is 0. The van der Waals surface area contributed by atoms with Crippen LogP contribution in [0.25, 0.3) is 83.2 Å². The molecule has 0 saturated heterocycles. The first-order valence-electron chi connectivity index (χ1n) is 22.4. The molecule has 0 radical (unpaired) electrons. The molecule has 0 atom stereocenters. The van der Waals surface area contributed by atoms with Crippen LogP contribution < -0.4 is 0 Å². The Kier molecular flexibility index (Phi) is 8.58. The standard InChI is InChI=1S/C57H49N3/c1-3-15-43(16-4-1)57(44-17-5-2-6-18-44)50-35-41(38-26-28-39(29-27-38)54-37-58-52-22-9-10-23-53(52)59-54)30-32-46(50)47-33-31-42(36-51(47)57)40-14-13-19-45(34-40)60-55-24-11-7-20-48(55)49-21-8-12-25-56(49)60/h7-14,19-37,43-44H,1-6,15-18H2. The SMILES string of the molecule is c1cc(-c2ccc3c(c2)C(C2CCCCC2)(C2CCCCC2)c2cc(-c4ccc(-c5cnc6ccccc6n5)cc4)ccc2-3)cc(-n2c3ccccc3c3ccccc32)c1. The molecule has 2 saturated carbocycles. The summed E-state index contributed by atoms with van der Waals surface area (Å²) in [6, 6.07) is 59.2. The molecule has 0 N–H and O–H groups in total. The lowest BCUT2D eigenvalue weighted by molar-refractivity contribution is 0.137. The highest BCUT2D eigenvalue weighted by Crippen LogP contribution is 2.62. The molecule has 0 amide bonds. The minimum absolute atomic E-state index is 0.00257. The maximum Gasteiger partial charge on any atom is 0.0894 e. The van der Waals surface area contributed by atoms with Crippen molar-refractivity contribution >= 4 is 32.8 Å².